The highest BCUT2D eigenvalue weighted by Crippen LogP contribution is 2.26. The minimum Gasteiger partial charge on any atom is -0.480 e. The predicted octanol–water partition coefficient (Wildman–Crippen LogP) is 2.06. The van der Waals surface area contributed by atoms with E-state index in [1.54, 1.807) is 0 Å². The molecule has 1 saturated heterocycles. The van der Waals surface area contributed by atoms with Gasteiger partial charge < -0.3 is 15.7 Å². The summed E-state index contributed by atoms with van der Waals surface area (Å²) < 4.78 is 0. The van der Waals surface area contributed by atoms with E-state index in [-0.39, 0.29) is 11.8 Å². The van der Waals surface area contributed by atoms with E-state index < -0.39 is 12.0 Å². The number of amides is 1. The molecule has 0 spiro atoms. The molecule has 2 aliphatic rings. The molecule has 1 heterocycles. The Labute approximate surface area is 126 Å². The van der Waals surface area contributed by atoms with E-state index in [0.29, 0.717) is 12.5 Å². The van der Waals surface area contributed by atoms with Gasteiger partial charge in [0, 0.05) is 12.5 Å². The van der Waals surface area contributed by atoms with Crippen LogP contribution < -0.4 is 10.6 Å². The highest BCUT2D eigenvalue weighted by Gasteiger charge is 2.30. The standard InChI is InChI=1S/C16H28N2O3/c19-14(10-9-13-8-4-5-11-17-13)18-15(16(20)21)12-6-2-1-3-7-12/h12-13,15,17H,1-11H2,(H,18,19)(H,20,21). The number of carbonyl (C=O) groups excluding carboxylic acids is 1. The molecule has 5 heteroatoms. The Bertz CT molecular complexity index is 347. The number of rotatable bonds is 6. The molecule has 2 atom stereocenters. The summed E-state index contributed by atoms with van der Waals surface area (Å²) in [4.78, 5) is 23.5. The van der Waals surface area contributed by atoms with Gasteiger partial charge in [-0.25, -0.2) is 4.79 Å². The van der Waals surface area contributed by atoms with Crippen LogP contribution in [0.15, 0.2) is 0 Å². The molecule has 0 radical (unpaired) electrons. The van der Waals surface area contributed by atoms with Crippen LogP contribution in [-0.2, 0) is 9.59 Å². The zero-order chi connectivity index (χ0) is 15.1. The van der Waals surface area contributed by atoms with Crippen LogP contribution >= 0.6 is 0 Å². The summed E-state index contributed by atoms with van der Waals surface area (Å²) >= 11 is 0. The fourth-order valence-corrected chi connectivity index (χ4v) is 3.57. The fraction of sp³-hybridized carbons (Fsp3) is 0.875. The van der Waals surface area contributed by atoms with Gasteiger partial charge in [0.2, 0.25) is 5.91 Å². The zero-order valence-corrected chi connectivity index (χ0v) is 12.8. The lowest BCUT2D eigenvalue weighted by atomic mass is 9.84. The highest BCUT2D eigenvalue weighted by atomic mass is 16.4. The summed E-state index contributed by atoms with van der Waals surface area (Å²) in [6, 6.07) is -0.278. The summed E-state index contributed by atoms with van der Waals surface area (Å²) in [7, 11) is 0. The molecule has 2 fully saturated rings. The molecule has 1 aliphatic heterocycles. The van der Waals surface area contributed by atoms with Crippen LogP contribution in [0.3, 0.4) is 0 Å². The Kier molecular flexibility index (Phi) is 6.49. The first kappa shape index (κ1) is 16.3. The maximum absolute atomic E-state index is 12.0. The lowest BCUT2D eigenvalue weighted by Gasteiger charge is -2.28. The predicted molar refractivity (Wildman–Crippen MR) is 81.0 cm³/mol. The fourth-order valence-electron chi connectivity index (χ4n) is 3.57. The number of nitrogens with one attached hydrogen (secondary N) is 2. The van der Waals surface area contributed by atoms with Crippen LogP contribution in [0, 0.1) is 5.92 Å². The number of piperidine rings is 1. The van der Waals surface area contributed by atoms with Crippen molar-refractivity contribution in [1.82, 2.24) is 10.6 Å². The van der Waals surface area contributed by atoms with Crippen molar-refractivity contribution >= 4 is 11.9 Å². The SMILES string of the molecule is O=C(CCC1CCCCN1)NC(C(=O)O)C1CCCCC1. The Morgan fingerprint density at radius 3 is 2.43 bits per heavy atom. The van der Waals surface area contributed by atoms with Crippen molar-refractivity contribution in [3.05, 3.63) is 0 Å². The van der Waals surface area contributed by atoms with Crippen LogP contribution in [0.5, 0.6) is 0 Å². The van der Waals surface area contributed by atoms with Crippen molar-refractivity contribution < 1.29 is 14.7 Å². The van der Waals surface area contributed by atoms with Gasteiger partial charge in [-0.15, -0.1) is 0 Å². The minimum atomic E-state index is -0.883. The molecule has 0 aromatic carbocycles. The quantitative estimate of drug-likeness (QED) is 0.701. The van der Waals surface area contributed by atoms with Gasteiger partial charge in [0.25, 0.3) is 0 Å². The smallest absolute Gasteiger partial charge is 0.326 e. The number of hydrogen-bond acceptors (Lipinski definition) is 3. The Morgan fingerprint density at radius 2 is 1.81 bits per heavy atom. The third kappa shape index (κ3) is 5.30. The molecule has 0 bridgehead atoms. The molecule has 2 unspecified atom stereocenters. The zero-order valence-electron chi connectivity index (χ0n) is 12.8. The molecule has 0 aromatic rings. The molecule has 2 rings (SSSR count). The van der Waals surface area contributed by atoms with Crippen LogP contribution in [0.2, 0.25) is 0 Å². The van der Waals surface area contributed by atoms with Gasteiger partial charge >= 0.3 is 5.97 Å². The van der Waals surface area contributed by atoms with Gasteiger partial charge in [-0.3, -0.25) is 4.79 Å². The second kappa shape index (κ2) is 8.37. The van der Waals surface area contributed by atoms with E-state index in [1.807, 2.05) is 0 Å². The molecule has 3 N–H and O–H groups in total. The van der Waals surface area contributed by atoms with Gasteiger partial charge in [-0.05, 0) is 44.6 Å². The van der Waals surface area contributed by atoms with E-state index >= 15 is 0 Å². The lowest BCUT2D eigenvalue weighted by Crippen LogP contribution is -2.47. The topological polar surface area (TPSA) is 78.4 Å². The van der Waals surface area contributed by atoms with Crippen LogP contribution in [0.4, 0.5) is 0 Å². The third-order valence-corrected chi connectivity index (χ3v) is 4.84. The molecule has 5 nitrogen and oxygen atoms in total. The van der Waals surface area contributed by atoms with Crippen molar-refractivity contribution in [2.45, 2.75) is 76.3 Å². The molecule has 1 saturated carbocycles. The van der Waals surface area contributed by atoms with Crippen molar-refractivity contribution in [3.63, 3.8) is 0 Å². The number of carbonyl (C=O) groups is 2. The number of carboxylic acid groups (broad SMARTS) is 1. The van der Waals surface area contributed by atoms with E-state index in [9.17, 15) is 14.7 Å². The molecule has 0 aromatic heterocycles. The van der Waals surface area contributed by atoms with Crippen molar-refractivity contribution in [1.29, 1.82) is 0 Å². The van der Waals surface area contributed by atoms with Crippen LogP contribution in [0.25, 0.3) is 0 Å². The Hall–Kier alpha value is -1.10. The maximum Gasteiger partial charge on any atom is 0.326 e. The van der Waals surface area contributed by atoms with Crippen molar-refractivity contribution in [2.75, 3.05) is 6.54 Å². The average molecular weight is 296 g/mol. The second-order valence-electron chi connectivity index (χ2n) is 6.47. The average Bonchev–Trinajstić information content (AvgIpc) is 2.52. The Balaban J connectivity index is 1.76. The van der Waals surface area contributed by atoms with Crippen molar-refractivity contribution in [2.24, 2.45) is 5.92 Å². The van der Waals surface area contributed by atoms with E-state index in [0.717, 1.165) is 45.1 Å². The number of carboxylic acids is 1. The highest BCUT2D eigenvalue weighted by molar-refractivity contribution is 5.83. The first-order valence-electron chi connectivity index (χ1n) is 8.42. The maximum atomic E-state index is 12.0. The second-order valence-corrected chi connectivity index (χ2v) is 6.47. The van der Waals surface area contributed by atoms with Gasteiger partial charge in [0.15, 0.2) is 0 Å². The number of hydrogen-bond donors (Lipinski definition) is 3. The summed E-state index contributed by atoms with van der Waals surface area (Å²) in [5, 5.41) is 15.5. The molecular formula is C16H28N2O3. The van der Waals surface area contributed by atoms with E-state index in [1.165, 1.54) is 19.3 Å². The lowest BCUT2D eigenvalue weighted by molar-refractivity contribution is -0.143. The van der Waals surface area contributed by atoms with Gasteiger partial charge in [0.05, 0.1) is 0 Å². The molecular weight excluding hydrogens is 268 g/mol. The Morgan fingerprint density at radius 1 is 1.10 bits per heavy atom. The molecule has 21 heavy (non-hydrogen) atoms. The molecule has 1 aliphatic carbocycles. The van der Waals surface area contributed by atoms with E-state index in [4.69, 9.17) is 0 Å². The summed E-state index contributed by atoms with van der Waals surface area (Å²) in [6.45, 7) is 1.03. The van der Waals surface area contributed by atoms with Crippen molar-refractivity contribution in [3.8, 4) is 0 Å². The van der Waals surface area contributed by atoms with Crippen LogP contribution in [0.1, 0.15) is 64.2 Å². The summed E-state index contributed by atoms with van der Waals surface area (Å²) in [5.74, 6) is -0.889. The van der Waals surface area contributed by atoms with E-state index in [2.05, 4.69) is 10.6 Å². The first-order valence-corrected chi connectivity index (χ1v) is 8.42. The normalized spacial score (nSPS) is 25.2. The first-order chi connectivity index (χ1) is 10.2. The summed E-state index contributed by atoms with van der Waals surface area (Å²) in [6.07, 6.45) is 9.97. The third-order valence-electron chi connectivity index (χ3n) is 4.84. The van der Waals surface area contributed by atoms with Gasteiger partial charge in [-0.1, -0.05) is 25.7 Å². The number of aliphatic carboxylic acids is 1. The van der Waals surface area contributed by atoms with Gasteiger partial charge in [0.1, 0.15) is 6.04 Å². The monoisotopic (exact) mass is 296 g/mol. The van der Waals surface area contributed by atoms with Gasteiger partial charge in [-0.2, -0.15) is 0 Å². The summed E-state index contributed by atoms with van der Waals surface area (Å²) in [5.41, 5.74) is 0. The molecule has 1 amide bonds. The minimum absolute atomic E-state index is 0.105. The largest absolute Gasteiger partial charge is 0.480 e. The van der Waals surface area contributed by atoms with Crippen LogP contribution in [-0.4, -0.2) is 35.6 Å². The molecule has 120 valence electrons.